The van der Waals surface area contributed by atoms with E-state index in [2.05, 4.69) is 39.2 Å². The first-order valence-corrected chi connectivity index (χ1v) is 17.5. The van der Waals surface area contributed by atoms with Crippen molar-refractivity contribution in [1.29, 1.82) is 0 Å². The van der Waals surface area contributed by atoms with Gasteiger partial charge in [0.2, 0.25) is 0 Å². The second kappa shape index (κ2) is 12.4. The average molecular weight is 573 g/mol. The molecule has 0 bridgehead atoms. The van der Waals surface area contributed by atoms with E-state index in [9.17, 15) is 18.0 Å². The molecule has 1 aliphatic heterocycles. The largest absolute Gasteiger partial charge is 0.445 e. The van der Waals surface area contributed by atoms with Crippen molar-refractivity contribution < 1.29 is 36.1 Å². The summed E-state index contributed by atoms with van der Waals surface area (Å²) in [5.41, 5.74) is 0.0916. The maximum absolute atomic E-state index is 13.2. The maximum Gasteiger partial charge on any atom is 0.410 e. The van der Waals surface area contributed by atoms with Crippen LogP contribution in [0.2, 0.25) is 18.1 Å². The summed E-state index contributed by atoms with van der Waals surface area (Å²) in [7, 11) is -6.25. The van der Waals surface area contributed by atoms with Gasteiger partial charge in [-0.25, -0.2) is 9.59 Å². The highest BCUT2D eigenvalue weighted by Gasteiger charge is 2.51. The Hall–Kier alpha value is -2.15. The van der Waals surface area contributed by atoms with Gasteiger partial charge in [-0.3, -0.25) is 9.08 Å². The van der Waals surface area contributed by atoms with E-state index >= 15 is 0 Å². The fourth-order valence-corrected chi connectivity index (χ4v) is 5.77. The number of benzene rings is 1. The minimum absolute atomic E-state index is 0.102. The van der Waals surface area contributed by atoms with Gasteiger partial charge in [-0.1, -0.05) is 51.1 Å². The van der Waals surface area contributed by atoms with E-state index in [-0.39, 0.29) is 31.2 Å². The summed E-state index contributed by atoms with van der Waals surface area (Å²) in [5, 5.41) is 2.53. The van der Waals surface area contributed by atoms with E-state index in [0.717, 1.165) is 11.8 Å². The Morgan fingerprint density at radius 3 is 2.21 bits per heavy atom. The van der Waals surface area contributed by atoms with Gasteiger partial charge in [0.25, 0.3) is 10.1 Å². The maximum atomic E-state index is 13.2. The summed E-state index contributed by atoms with van der Waals surface area (Å²) >= 11 is 0. The van der Waals surface area contributed by atoms with Gasteiger partial charge in [0.1, 0.15) is 18.3 Å². The zero-order chi connectivity index (χ0) is 28.9. The fourth-order valence-electron chi connectivity index (χ4n) is 3.79. The molecule has 216 valence electrons. The van der Waals surface area contributed by atoms with E-state index in [1.165, 1.54) is 4.90 Å². The molecule has 0 spiro atoms. The van der Waals surface area contributed by atoms with Crippen molar-refractivity contribution in [2.75, 3.05) is 19.3 Å². The predicted molar refractivity (Wildman–Crippen MR) is 148 cm³/mol. The minimum Gasteiger partial charge on any atom is -0.445 e. The van der Waals surface area contributed by atoms with Crippen LogP contribution in [-0.2, 0) is 34.8 Å². The second-order valence-electron chi connectivity index (χ2n) is 12.2. The van der Waals surface area contributed by atoms with Crippen molar-refractivity contribution in [3.8, 4) is 0 Å². The number of hydrogen-bond acceptors (Lipinski definition) is 8. The van der Waals surface area contributed by atoms with Crippen LogP contribution in [0.3, 0.4) is 0 Å². The molecule has 3 unspecified atom stereocenters. The molecule has 10 nitrogen and oxygen atoms in total. The molecule has 0 saturated carbocycles. The molecule has 1 fully saturated rings. The Morgan fingerprint density at radius 1 is 1.08 bits per heavy atom. The summed E-state index contributed by atoms with van der Waals surface area (Å²) in [6.45, 7) is 16.0. The molecule has 1 aromatic carbocycles. The first kappa shape index (κ1) is 32.1. The number of nitrogens with zero attached hydrogens (tertiary/aromatic N) is 1. The third-order valence-corrected chi connectivity index (χ3v) is 11.7. The van der Waals surface area contributed by atoms with E-state index in [4.69, 9.17) is 18.1 Å². The molecule has 1 heterocycles. The number of carbonyl (C=O) groups is 2. The van der Waals surface area contributed by atoms with Gasteiger partial charge in [0.05, 0.1) is 24.9 Å². The molecule has 3 atom stereocenters. The molecule has 0 aromatic heterocycles. The number of amides is 2. The number of ether oxygens (including phenoxy) is 2. The molecule has 1 N–H and O–H groups in total. The van der Waals surface area contributed by atoms with Crippen LogP contribution in [-0.4, -0.2) is 77.0 Å². The van der Waals surface area contributed by atoms with Crippen LogP contribution in [0.15, 0.2) is 30.3 Å². The van der Waals surface area contributed by atoms with Gasteiger partial charge in [-0.15, -0.1) is 0 Å². The van der Waals surface area contributed by atoms with E-state index in [0.29, 0.717) is 0 Å². The number of rotatable bonds is 9. The third kappa shape index (κ3) is 9.86. The van der Waals surface area contributed by atoms with Crippen molar-refractivity contribution in [3.05, 3.63) is 35.9 Å². The zero-order valence-corrected chi connectivity index (χ0v) is 25.9. The Kier molecular flexibility index (Phi) is 10.4. The average Bonchev–Trinajstić information content (AvgIpc) is 3.06. The van der Waals surface area contributed by atoms with E-state index in [1.807, 2.05) is 30.3 Å². The lowest BCUT2D eigenvalue weighted by molar-refractivity contribution is 0.0164. The second-order valence-corrected chi connectivity index (χ2v) is 18.5. The summed E-state index contributed by atoms with van der Waals surface area (Å²) in [4.78, 5) is 26.9. The van der Waals surface area contributed by atoms with Crippen LogP contribution in [0, 0.1) is 0 Å². The molecule has 0 aliphatic carbocycles. The lowest BCUT2D eigenvalue weighted by atomic mass is 10.1. The highest BCUT2D eigenvalue weighted by Crippen LogP contribution is 2.40. The number of alkyl carbamates (subject to hydrolysis) is 1. The molecule has 1 saturated heterocycles. The molecular weight excluding hydrogens is 528 g/mol. The fraction of sp³-hybridized carbons (Fsp3) is 0.692. The lowest BCUT2D eigenvalue weighted by Gasteiger charge is -2.39. The van der Waals surface area contributed by atoms with Crippen LogP contribution in [0.5, 0.6) is 0 Å². The number of carbonyl (C=O) groups excluding carboxylic acids is 2. The quantitative estimate of drug-likeness (QED) is 0.335. The molecule has 12 heteroatoms. The number of nitrogens with one attached hydrogen (secondary N) is 1. The molecule has 2 amide bonds. The minimum atomic E-state index is -3.88. The molecule has 1 aliphatic rings. The van der Waals surface area contributed by atoms with Crippen LogP contribution in [0.4, 0.5) is 9.59 Å². The summed E-state index contributed by atoms with van der Waals surface area (Å²) in [6.07, 6.45) is -1.69. The smallest absolute Gasteiger partial charge is 0.410 e. The first-order valence-electron chi connectivity index (χ1n) is 12.8. The molecular formula is C26H44N2O8SSi. The van der Waals surface area contributed by atoms with Gasteiger partial charge in [-0.2, -0.15) is 8.42 Å². The molecule has 38 heavy (non-hydrogen) atoms. The van der Waals surface area contributed by atoms with Gasteiger partial charge < -0.3 is 19.2 Å². The van der Waals surface area contributed by atoms with Crippen molar-refractivity contribution in [2.45, 2.75) is 96.6 Å². The van der Waals surface area contributed by atoms with Crippen molar-refractivity contribution in [3.63, 3.8) is 0 Å². The molecule has 1 aromatic rings. The SMILES string of the molecule is CC(C)(C)OC(=O)N1CC(O[Si](C)(C)C(C)(C)C)C(OS(C)(=O)=O)C1CCNC(=O)OCc1ccccc1. The van der Waals surface area contributed by atoms with Crippen molar-refractivity contribution in [2.24, 2.45) is 0 Å². The highest BCUT2D eigenvalue weighted by molar-refractivity contribution is 7.86. The summed E-state index contributed by atoms with van der Waals surface area (Å²) < 4.78 is 47.5. The van der Waals surface area contributed by atoms with Gasteiger partial charge in [-0.05, 0) is 50.9 Å². The number of likely N-dealkylation sites (tertiary alicyclic amines) is 1. The van der Waals surface area contributed by atoms with Crippen LogP contribution in [0.25, 0.3) is 0 Å². The molecule has 2 rings (SSSR count). The summed E-state index contributed by atoms with van der Waals surface area (Å²) in [6, 6.07) is 8.56. The van der Waals surface area contributed by atoms with Gasteiger partial charge >= 0.3 is 12.2 Å². The zero-order valence-electron chi connectivity index (χ0n) is 24.1. The topological polar surface area (TPSA) is 120 Å². The van der Waals surface area contributed by atoms with Gasteiger partial charge in [0, 0.05) is 6.54 Å². The van der Waals surface area contributed by atoms with Crippen LogP contribution < -0.4 is 5.32 Å². The highest BCUT2D eigenvalue weighted by atomic mass is 32.2. The van der Waals surface area contributed by atoms with E-state index < -0.39 is 54.5 Å². The summed E-state index contributed by atoms with van der Waals surface area (Å²) in [5.74, 6) is 0. The normalized spacial score (nSPS) is 20.8. The van der Waals surface area contributed by atoms with Crippen LogP contribution in [0.1, 0.15) is 53.5 Å². The Labute approximate surface area is 228 Å². The van der Waals surface area contributed by atoms with E-state index in [1.54, 1.807) is 20.8 Å². The lowest BCUT2D eigenvalue weighted by Crippen LogP contribution is -2.49. The Morgan fingerprint density at radius 2 is 1.68 bits per heavy atom. The predicted octanol–water partition coefficient (Wildman–Crippen LogP) is 4.66. The standard InChI is InChI=1S/C26H44N2O8SSi/c1-25(2,3)34-24(30)28-17-21(36-38(8,9)26(4,5)6)22(35-37(7,31)32)20(28)15-16-27-23(29)33-18-19-13-11-10-12-14-19/h10-14,20-22H,15-18H2,1-9H3,(H,27,29). The Bertz CT molecular complexity index is 1050. The number of hydrogen-bond donors (Lipinski definition) is 1. The van der Waals surface area contributed by atoms with Crippen molar-refractivity contribution in [1.82, 2.24) is 10.2 Å². The van der Waals surface area contributed by atoms with Gasteiger partial charge in [0.15, 0.2) is 8.32 Å². The Balaban J connectivity index is 2.22. The van der Waals surface area contributed by atoms with Crippen LogP contribution >= 0.6 is 0 Å². The first-order chi connectivity index (χ1) is 17.3. The monoisotopic (exact) mass is 572 g/mol. The molecule has 0 radical (unpaired) electrons. The third-order valence-electron chi connectivity index (χ3n) is 6.61. The van der Waals surface area contributed by atoms with Crippen molar-refractivity contribution >= 4 is 30.6 Å².